The van der Waals surface area contributed by atoms with E-state index in [0.29, 0.717) is 17.7 Å². The Morgan fingerprint density at radius 3 is 2.02 bits per heavy atom. The molecule has 0 radical (unpaired) electrons. The van der Waals surface area contributed by atoms with Gasteiger partial charge in [0.25, 0.3) is 16.9 Å². The van der Waals surface area contributed by atoms with Crippen LogP contribution in [0.4, 0.5) is 10.5 Å². The van der Waals surface area contributed by atoms with Gasteiger partial charge < -0.3 is 20.1 Å². The van der Waals surface area contributed by atoms with Crippen molar-refractivity contribution < 1.29 is 33.4 Å². The van der Waals surface area contributed by atoms with Gasteiger partial charge in [0.15, 0.2) is 11.9 Å². The molecule has 3 aromatic carbocycles. The first kappa shape index (κ1) is 44.0. The SMILES string of the molecule is CCC(C)(C)c1ccc(OCCCC(=O)NC2C(=O)N(COC(Cl)(C(=O)Nc3ccccc3)C(=O)C(C)(C)C)C(=O)N2Cc2ccccc2)c(C(C)(C)CC)c1. The minimum atomic E-state index is -2.60. The van der Waals surface area contributed by atoms with Crippen LogP contribution in [0.1, 0.15) is 105 Å². The Balaban J connectivity index is 1.49. The first-order valence-electron chi connectivity index (χ1n) is 19.2. The number of hydrogen-bond donors (Lipinski definition) is 2. The number of anilines is 1. The number of ketones is 1. The van der Waals surface area contributed by atoms with Gasteiger partial charge in [-0.25, -0.2) is 9.69 Å². The lowest BCUT2D eigenvalue weighted by Crippen LogP contribution is -2.54. The van der Waals surface area contributed by atoms with Gasteiger partial charge >= 0.3 is 6.03 Å². The van der Waals surface area contributed by atoms with Crippen molar-refractivity contribution in [2.75, 3.05) is 18.7 Å². The maximum Gasteiger partial charge on any atom is 0.331 e. The summed E-state index contributed by atoms with van der Waals surface area (Å²) in [6.45, 7) is 17.3. The predicted octanol–water partition coefficient (Wildman–Crippen LogP) is 8.29. The fraction of sp³-hybridized carbons (Fsp3) is 0.477. The summed E-state index contributed by atoms with van der Waals surface area (Å²) in [7, 11) is 0. The monoisotopic (exact) mass is 788 g/mol. The van der Waals surface area contributed by atoms with Crippen LogP contribution in [0.3, 0.4) is 0 Å². The molecule has 0 aromatic heterocycles. The average molecular weight is 789 g/mol. The summed E-state index contributed by atoms with van der Waals surface area (Å²) in [5, 5.41) is 2.70. The summed E-state index contributed by atoms with van der Waals surface area (Å²) in [6.07, 6.45) is 0.892. The van der Waals surface area contributed by atoms with E-state index in [9.17, 15) is 24.0 Å². The van der Waals surface area contributed by atoms with Gasteiger partial charge in [-0.3, -0.25) is 24.1 Å². The largest absolute Gasteiger partial charge is 0.493 e. The summed E-state index contributed by atoms with van der Waals surface area (Å²) < 4.78 is 12.0. The van der Waals surface area contributed by atoms with E-state index in [0.717, 1.165) is 29.1 Å². The van der Waals surface area contributed by atoms with Gasteiger partial charge in [0.2, 0.25) is 5.91 Å². The molecule has 1 fully saturated rings. The summed E-state index contributed by atoms with van der Waals surface area (Å²) in [5.41, 5.74) is 2.17. The van der Waals surface area contributed by atoms with Crippen LogP contribution in [0, 0.1) is 5.41 Å². The van der Waals surface area contributed by atoms with Gasteiger partial charge in [-0.15, -0.1) is 0 Å². The van der Waals surface area contributed by atoms with Crippen LogP contribution in [0.5, 0.6) is 5.75 Å². The second-order valence-electron chi connectivity index (χ2n) is 16.5. The number of amides is 5. The zero-order chi connectivity index (χ0) is 41.5. The normalized spacial score (nSPS) is 16.1. The Bertz CT molecular complexity index is 1880. The highest BCUT2D eigenvalue weighted by Gasteiger charge is 2.53. The number of ether oxygens (including phenoxy) is 2. The molecule has 2 N–H and O–H groups in total. The van der Waals surface area contributed by atoms with E-state index < -0.39 is 52.9 Å². The quantitative estimate of drug-likeness (QED) is 0.0574. The second-order valence-corrected chi connectivity index (χ2v) is 17.1. The molecule has 1 aliphatic heterocycles. The number of nitrogens with zero attached hydrogens (tertiary/aromatic N) is 2. The highest BCUT2D eigenvalue weighted by Crippen LogP contribution is 2.39. The number of alkyl halides is 1. The molecule has 0 bridgehead atoms. The van der Waals surface area contributed by atoms with Crippen molar-refractivity contribution in [3.05, 3.63) is 95.6 Å². The molecule has 2 atom stereocenters. The van der Waals surface area contributed by atoms with E-state index in [4.69, 9.17) is 21.1 Å². The molecule has 3 aromatic rings. The molecule has 0 saturated carbocycles. The van der Waals surface area contributed by atoms with E-state index in [1.807, 2.05) is 12.1 Å². The second kappa shape index (κ2) is 18.0. The van der Waals surface area contributed by atoms with Crippen LogP contribution in [0.2, 0.25) is 0 Å². The molecule has 5 amide bonds. The Morgan fingerprint density at radius 1 is 0.821 bits per heavy atom. The zero-order valence-electron chi connectivity index (χ0n) is 34.2. The molecule has 1 saturated heterocycles. The number of hydrogen-bond acceptors (Lipinski definition) is 7. The van der Waals surface area contributed by atoms with Crippen LogP contribution in [-0.4, -0.2) is 63.9 Å². The molecule has 302 valence electrons. The standard InChI is InChI=1S/C44H57ClN4O7/c1-10-42(6,7)31-24-25-34(33(27-31)43(8,9)11-2)55-26-18-23-35(50)47-36-37(51)49(40(54)48(36)28-30-19-14-12-15-20-30)29-56-44(45,38(52)41(3,4)5)39(53)46-32-21-16-13-17-22-32/h12-17,19-22,24-25,27,36H,10-11,18,23,26,28-29H2,1-9H3,(H,46,53)(H,47,50). The van der Waals surface area contributed by atoms with Gasteiger partial charge in [-0.05, 0) is 59.4 Å². The lowest BCUT2D eigenvalue weighted by Gasteiger charge is -2.31. The number of imide groups is 1. The van der Waals surface area contributed by atoms with Crippen LogP contribution in [0.15, 0.2) is 78.9 Å². The van der Waals surface area contributed by atoms with Gasteiger partial charge in [-0.2, -0.15) is 0 Å². The third-order valence-electron chi connectivity index (χ3n) is 10.5. The summed E-state index contributed by atoms with van der Waals surface area (Å²) in [5.74, 6) is -2.26. The number of urea groups is 1. The molecule has 2 unspecified atom stereocenters. The topological polar surface area (TPSA) is 134 Å². The lowest BCUT2D eigenvalue weighted by atomic mass is 9.76. The number of halogens is 1. The van der Waals surface area contributed by atoms with Crippen molar-refractivity contribution in [2.24, 2.45) is 5.41 Å². The molecular weight excluding hydrogens is 732 g/mol. The summed E-state index contributed by atoms with van der Waals surface area (Å²) in [4.78, 5) is 70.2. The van der Waals surface area contributed by atoms with E-state index in [2.05, 4.69) is 64.3 Å². The van der Waals surface area contributed by atoms with Crippen molar-refractivity contribution in [2.45, 2.75) is 117 Å². The van der Waals surface area contributed by atoms with Crippen molar-refractivity contribution in [3.63, 3.8) is 0 Å². The van der Waals surface area contributed by atoms with E-state index in [1.54, 1.807) is 75.4 Å². The number of carbonyl (C=O) groups excluding carboxylic acids is 5. The molecule has 11 nitrogen and oxygen atoms in total. The summed E-state index contributed by atoms with van der Waals surface area (Å²) >= 11 is 6.70. The molecule has 56 heavy (non-hydrogen) atoms. The average Bonchev–Trinajstić information content (AvgIpc) is 3.38. The first-order chi connectivity index (χ1) is 26.2. The molecule has 0 aliphatic carbocycles. The maximum absolute atomic E-state index is 13.9. The minimum Gasteiger partial charge on any atom is -0.493 e. The fourth-order valence-electron chi connectivity index (χ4n) is 6.08. The smallest absolute Gasteiger partial charge is 0.331 e. The van der Waals surface area contributed by atoms with Gasteiger partial charge in [-0.1, -0.05) is 135 Å². The van der Waals surface area contributed by atoms with Gasteiger partial charge in [0, 0.05) is 29.6 Å². The van der Waals surface area contributed by atoms with Gasteiger partial charge in [0.05, 0.1) is 6.61 Å². The third kappa shape index (κ3) is 10.4. The number of benzene rings is 3. The van der Waals surface area contributed by atoms with Crippen LogP contribution in [-0.2, 0) is 41.3 Å². The van der Waals surface area contributed by atoms with Crippen LogP contribution < -0.4 is 15.4 Å². The van der Waals surface area contributed by atoms with Crippen molar-refractivity contribution in [1.82, 2.24) is 15.1 Å². The van der Waals surface area contributed by atoms with Crippen LogP contribution >= 0.6 is 11.6 Å². The lowest BCUT2D eigenvalue weighted by molar-refractivity contribution is -0.157. The zero-order valence-corrected chi connectivity index (χ0v) is 34.9. The maximum atomic E-state index is 13.9. The molecule has 12 heteroatoms. The number of carbonyl (C=O) groups is 5. The van der Waals surface area contributed by atoms with E-state index in [1.165, 1.54) is 10.5 Å². The number of Topliss-reactive ketones (excluding diaryl/α,β-unsaturated/α-hetero) is 1. The first-order valence-corrected chi connectivity index (χ1v) is 19.6. The minimum absolute atomic E-state index is 0.0122. The van der Waals surface area contributed by atoms with E-state index in [-0.39, 0.29) is 30.4 Å². The fourth-order valence-corrected chi connectivity index (χ4v) is 6.46. The molecule has 1 heterocycles. The Hall–Kier alpha value is -4.74. The number of rotatable bonds is 18. The molecule has 0 spiro atoms. The number of para-hydroxylation sites is 1. The third-order valence-corrected chi connectivity index (χ3v) is 11.0. The number of nitrogens with one attached hydrogen (secondary N) is 2. The molecule has 1 aliphatic rings. The highest BCUT2D eigenvalue weighted by molar-refractivity contribution is 6.47. The Labute approximate surface area is 336 Å². The van der Waals surface area contributed by atoms with E-state index >= 15 is 0 Å². The van der Waals surface area contributed by atoms with Crippen molar-refractivity contribution >= 4 is 46.8 Å². The Kier molecular flexibility index (Phi) is 14.2. The molecule has 4 rings (SSSR count). The predicted molar refractivity (Wildman–Crippen MR) is 218 cm³/mol. The highest BCUT2D eigenvalue weighted by atomic mass is 35.5. The van der Waals surface area contributed by atoms with Crippen LogP contribution in [0.25, 0.3) is 0 Å². The summed E-state index contributed by atoms with van der Waals surface area (Å²) in [6, 6.07) is 22.9. The van der Waals surface area contributed by atoms with Crippen molar-refractivity contribution in [1.29, 1.82) is 0 Å². The van der Waals surface area contributed by atoms with Crippen molar-refractivity contribution in [3.8, 4) is 5.75 Å². The molecular formula is C44H57ClN4O7. The van der Waals surface area contributed by atoms with Gasteiger partial charge in [0.1, 0.15) is 12.5 Å². The Morgan fingerprint density at radius 2 is 1.43 bits per heavy atom.